The fraction of sp³-hybridized carbons (Fsp3) is 0.750. The zero-order valence-corrected chi connectivity index (χ0v) is 17.0. The Morgan fingerprint density at radius 3 is 2.58 bits per heavy atom. The van der Waals surface area contributed by atoms with E-state index in [-0.39, 0.29) is 23.7 Å². The number of hydrogen-bond donors (Lipinski definition) is 2. The number of carbonyl (C=O) groups excluding carboxylic acids is 2. The van der Waals surface area contributed by atoms with Crippen LogP contribution in [0, 0.1) is 17.8 Å². The molecular weight excluding hydrogens is 346 g/mol. The molecule has 2 amide bonds. The zero-order chi connectivity index (χ0) is 18.7. The minimum atomic E-state index is -0.510. The summed E-state index contributed by atoms with van der Waals surface area (Å²) in [5, 5.41) is 6.63. The second-order valence-corrected chi connectivity index (χ2v) is 9.37. The van der Waals surface area contributed by atoms with Crippen LogP contribution < -0.4 is 10.6 Å². The predicted octanol–water partition coefficient (Wildman–Crippen LogP) is 3.93. The van der Waals surface area contributed by atoms with Gasteiger partial charge in [-0.25, -0.2) is 4.98 Å². The van der Waals surface area contributed by atoms with Gasteiger partial charge in [0.15, 0.2) is 5.13 Å². The van der Waals surface area contributed by atoms with Crippen molar-refractivity contribution in [3.05, 3.63) is 10.6 Å². The van der Waals surface area contributed by atoms with Crippen molar-refractivity contribution in [2.24, 2.45) is 17.8 Å². The number of amides is 2. The van der Waals surface area contributed by atoms with Crippen molar-refractivity contribution in [3.63, 3.8) is 0 Å². The van der Waals surface area contributed by atoms with Gasteiger partial charge in [-0.3, -0.25) is 9.59 Å². The number of thiazole rings is 1. The predicted molar refractivity (Wildman–Crippen MR) is 105 cm³/mol. The lowest BCUT2D eigenvalue weighted by molar-refractivity contribution is -0.130. The summed E-state index contributed by atoms with van der Waals surface area (Å²) in [6.07, 6.45) is 8.52. The summed E-state index contributed by atoms with van der Waals surface area (Å²) in [5.74, 6) is 0.669. The third-order valence-electron chi connectivity index (χ3n) is 5.64. The SMILES string of the molecule is CC1CCc2nc(NC(=O)C(NC(=O)C3CCCCC3)C(C)C)sc2C1. The number of fused-ring (bicyclic) bond motifs is 1. The molecule has 1 saturated carbocycles. The van der Waals surface area contributed by atoms with Gasteiger partial charge in [-0.2, -0.15) is 0 Å². The lowest BCUT2D eigenvalue weighted by Crippen LogP contribution is -2.49. The fourth-order valence-electron chi connectivity index (χ4n) is 3.95. The first kappa shape index (κ1) is 19.3. The van der Waals surface area contributed by atoms with Crippen LogP contribution in [0.1, 0.15) is 69.9 Å². The van der Waals surface area contributed by atoms with E-state index >= 15 is 0 Å². The van der Waals surface area contributed by atoms with Crippen molar-refractivity contribution in [1.82, 2.24) is 10.3 Å². The van der Waals surface area contributed by atoms with Gasteiger partial charge in [0.25, 0.3) is 0 Å². The molecule has 0 radical (unpaired) electrons. The Hall–Kier alpha value is -1.43. The standard InChI is InChI=1S/C20H31N3O2S/c1-12(2)17(22-18(24)14-7-5-4-6-8-14)19(25)23-20-21-15-10-9-13(3)11-16(15)26-20/h12-14,17H,4-11H2,1-3H3,(H,22,24)(H,21,23,25). The topological polar surface area (TPSA) is 71.1 Å². The normalized spacial score (nSPS) is 21.9. The molecule has 2 atom stereocenters. The lowest BCUT2D eigenvalue weighted by Gasteiger charge is -2.26. The van der Waals surface area contributed by atoms with Crippen LogP contribution in [0.3, 0.4) is 0 Å². The molecule has 2 aliphatic rings. The highest BCUT2D eigenvalue weighted by atomic mass is 32.1. The van der Waals surface area contributed by atoms with Gasteiger partial charge in [-0.05, 0) is 43.9 Å². The van der Waals surface area contributed by atoms with E-state index in [0.717, 1.165) is 50.6 Å². The third kappa shape index (κ3) is 4.64. The molecule has 0 bridgehead atoms. The summed E-state index contributed by atoms with van der Waals surface area (Å²) < 4.78 is 0. The highest BCUT2D eigenvalue weighted by molar-refractivity contribution is 7.15. The summed E-state index contributed by atoms with van der Waals surface area (Å²) in [4.78, 5) is 31.3. The number of nitrogens with one attached hydrogen (secondary N) is 2. The van der Waals surface area contributed by atoms with Crippen molar-refractivity contribution >= 4 is 28.3 Å². The van der Waals surface area contributed by atoms with E-state index in [4.69, 9.17) is 0 Å². The van der Waals surface area contributed by atoms with Crippen LogP contribution in [0.5, 0.6) is 0 Å². The lowest BCUT2D eigenvalue weighted by atomic mass is 9.88. The van der Waals surface area contributed by atoms with Gasteiger partial charge in [0.05, 0.1) is 5.69 Å². The number of nitrogens with zero attached hydrogens (tertiary/aromatic N) is 1. The minimum Gasteiger partial charge on any atom is -0.344 e. The molecule has 1 heterocycles. The summed E-state index contributed by atoms with van der Waals surface area (Å²) >= 11 is 1.59. The third-order valence-corrected chi connectivity index (χ3v) is 6.67. The summed E-state index contributed by atoms with van der Waals surface area (Å²) in [5.41, 5.74) is 1.13. The van der Waals surface area contributed by atoms with Crippen LogP contribution in [0.2, 0.25) is 0 Å². The molecule has 2 unspecified atom stereocenters. The molecular formula is C20H31N3O2S. The van der Waals surface area contributed by atoms with Crippen molar-refractivity contribution < 1.29 is 9.59 Å². The molecule has 2 aliphatic carbocycles. The van der Waals surface area contributed by atoms with E-state index in [1.54, 1.807) is 11.3 Å². The molecule has 0 saturated heterocycles. The maximum Gasteiger partial charge on any atom is 0.248 e. The first-order chi connectivity index (χ1) is 12.4. The number of carbonyl (C=O) groups is 2. The second kappa shape index (κ2) is 8.51. The quantitative estimate of drug-likeness (QED) is 0.817. The Morgan fingerprint density at radius 1 is 1.15 bits per heavy atom. The van der Waals surface area contributed by atoms with Crippen LogP contribution in [-0.4, -0.2) is 22.8 Å². The molecule has 1 aromatic rings. The Balaban J connectivity index is 1.62. The summed E-state index contributed by atoms with van der Waals surface area (Å²) in [6.45, 7) is 6.20. The molecule has 26 heavy (non-hydrogen) atoms. The van der Waals surface area contributed by atoms with Crippen LogP contribution in [0.15, 0.2) is 0 Å². The van der Waals surface area contributed by atoms with Crippen molar-refractivity contribution in [2.45, 2.75) is 78.2 Å². The molecule has 3 rings (SSSR count). The molecule has 1 aromatic heterocycles. The van der Waals surface area contributed by atoms with Gasteiger partial charge in [0, 0.05) is 10.8 Å². The zero-order valence-electron chi connectivity index (χ0n) is 16.1. The van der Waals surface area contributed by atoms with Crippen molar-refractivity contribution in [3.8, 4) is 0 Å². The van der Waals surface area contributed by atoms with Gasteiger partial charge in [-0.1, -0.05) is 40.0 Å². The average Bonchev–Trinajstić information content (AvgIpc) is 3.01. The van der Waals surface area contributed by atoms with E-state index in [9.17, 15) is 9.59 Å². The van der Waals surface area contributed by atoms with E-state index < -0.39 is 6.04 Å². The van der Waals surface area contributed by atoms with E-state index in [2.05, 4.69) is 22.5 Å². The first-order valence-corrected chi connectivity index (χ1v) is 10.9. The Bertz CT molecular complexity index is 649. The maximum atomic E-state index is 12.8. The van der Waals surface area contributed by atoms with Gasteiger partial charge in [0.2, 0.25) is 11.8 Å². The van der Waals surface area contributed by atoms with Gasteiger partial charge in [0.1, 0.15) is 6.04 Å². The van der Waals surface area contributed by atoms with E-state index in [1.165, 1.54) is 11.3 Å². The Labute approximate surface area is 160 Å². The van der Waals surface area contributed by atoms with Gasteiger partial charge < -0.3 is 10.6 Å². The molecule has 6 heteroatoms. The monoisotopic (exact) mass is 377 g/mol. The molecule has 2 N–H and O–H groups in total. The number of rotatable bonds is 5. The molecule has 144 valence electrons. The molecule has 0 aromatic carbocycles. The Morgan fingerprint density at radius 2 is 1.88 bits per heavy atom. The molecule has 5 nitrogen and oxygen atoms in total. The second-order valence-electron chi connectivity index (χ2n) is 8.29. The van der Waals surface area contributed by atoms with Gasteiger partial charge in [-0.15, -0.1) is 11.3 Å². The van der Waals surface area contributed by atoms with E-state index in [1.807, 2.05) is 13.8 Å². The number of hydrogen-bond acceptors (Lipinski definition) is 4. The van der Waals surface area contributed by atoms with Crippen LogP contribution in [0.25, 0.3) is 0 Å². The number of anilines is 1. The molecule has 0 aliphatic heterocycles. The van der Waals surface area contributed by atoms with Crippen molar-refractivity contribution in [2.75, 3.05) is 5.32 Å². The highest BCUT2D eigenvalue weighted by Crippen LogP contribution is 2.32. The average molecular weight is 378 g/mol. The largest absolute Gasteiger partial charge is 0.344 e. The fourth-order valence-corrected chi connectivity index (χ4v) is 5.12. The highest BCUT2D eigenvalue weighted by Gasteiger charge is 2.29. The molecule has 1 fully saturated rings. The van der Waals surface area contributed by atoms with Crippen LogP contribution in [-0.2, 0) is 22.4 Å². The minimum absolute atomic E-state index is 0.0332. The maximum absolute atomic E-state index is 12.8. The number of aryl methyl sites for hydroxylation is 1. The van der Waals surface area contributed by atoms with Crippen LogP contribution >= 0.6 is 11.3 Å². The van der Waals surface area contributed by atoms with Crippen molar-refractivity contribution in [1.29, 1.82) is 0 Å². The van der Waals surface area contributed by atoms with Gasteiger partial charge >= 0.3 is 0 Å². The number of aromatic nitrogens is 1. The Kier molecular flexibility index (Phi) is 6.33. The summed E-state index contributed by atoms with van der Waals surface area (Å²) in [7, 11) is 0. The smallest absolute Gasteiger partial charge is 0.248 e. The van der Waals surface area contributed by atoms with E-state index in [0.29, 0.717) is 11.0 Å². The summed E-state index contributed by atoms with van der Waals surface area (Å²) in [6, 6.07) is -0.510. The molecule has 0 spiro atoms. The first-order valence-electron chi connectivity index (χ1n) is 10.0. The van der Waals surface area contributed by atoms with Crippen LogP contribution in [0.4, 0.5) is 5.13 Å².